The van der Waals surface area contributed by atoms with Gasteiger partial charge in [-0.05, 0) is 98.8 Å². The third-order valence-corrected chi connectivity index (χ3v) is 12.5. The molecule has 0 unspecified atom stereocenters. The number of imidazole rings is 2. The van der Waals surface area contributed by atoms with Crippen molar-refractivity contribution in [3.05, 3.63) is 200 Å². The van der Waals surface area contributed by atoms with Gasteiger partial charge in [-0.25, -0.2) is 0 Å². The van der Waals surface area contributed by atoms with Crippen LogP contribution in [0, 0.1) is 12.4 Å². The minimum Gasteiger partial charge on any atom is -0.513 e. The maximum absolute atomic E-state index is 9.66. The zero-order valence-corrected chi connectivity index (χ0v) is 40.2. The molecule has 4 heterocycles. The first-order chi connectivity index (χ1) is 32.2. The molecule has 0 atom stereocenters. The van der Waals surface area contributed by atoms with Gasteiger partial charge in [-0.1, -0.05) is 154 Å². The third-order valence-electron chi connectivity index (χ3n) is 12.5. The van der Waals surface area contributed by atoms with Gasteiger partial charge in [-0.2, -0.15) is 0 Å². The Bertz CT molecular complexity index is 3700. The molecule has 7 nitrogen and oxygen atoms in total. The predicted octanol–water partition coefficient (Wildman–Crippen LogP) is 14.7. The van der Waals surface area contributed by atoms with E-state index in [-0.39, 0.29) is 37.7 Å². The summed E-state index contributed by atoms with van der Waals surface area (Å²) in [6, 6.07) is 62.6. The van der Waals surface area contributed by atoms with Crippen molar-refractivity contribution >= 4 is 49.8 Å². The number of benzene rings is 8. The second-order valence-corrected chi connectivity index (χ2v) is 17.5. The number of phenolic OH excluding ortho intramolecular Hbond substituents is 1. The number of fused-ring (bicyclic) bond motifs is 7. The number of oxazole rings is 1. The average molecular weight is 1050 g/mol. The SMILES string of the molecule is CC(C)c1cc(-c2ccc(-c3ccccc3)cc2)cc(C(C)C)c1-n1c(-c2[c-]ccc3c2oc2cc(-c4ccccc4)ccc23)nc2ccccc21.C[n+]1[c-]n2c(c1)oc1cccc(O)c12.[Ir]. The number of nitrogens with zero attached hydrogens (tertiary/aromatic N) is 4. The van der Waals surface area contributed by atoms with Crippen molar-refractivity contribution in [2.45, 2.75) is 39.5 Å². The van der Waals surface area contributed by atoms with Crippen molar-refractivity contribution in [3.8, 4) is 56.2 Å². The van der Waals surface area contributed by atoms with Gasteiger partial charge in [0.1, 0.15) is 22.4 Å². The predicted molar refractivity (Wildman–Crippen MR) is 266 cm³/mol. The van der Waals surface area contributed by atoms with E-state index in [2.05, 4.69) is 184 Å². The summed E-state index contributed by atoms with van der Waals surface area (Å²) in [5, 5.41) is 11.8. The second kappa shape index (κ2) is 17.7. The van der Waals surface area contributed by atoms with Gasteiger partial charge >= 0.3 is 0 Å². The summed E-state index contributed by atoms with van der Waals surface area (Å²) in [7, 11) is 1.86. The van der Waals surface area contributed by atoms with Crippen molar-refractivity contribution in [2.75, 3.05) is 0 Å². The van der Waals surface area contributed by atoms with E-state index in [1.165, 1.54) is 39.1 Å². The van der Waals surface area contributed by atoms with Crippen LogP contribution >= 0.6 is 0 Å². The van der Waals surface area contributed by atoms with Gasteiger partial charge in [0.05, 0.1) is 35.7 Å². The van der Waals surface area contributed by atoms with Crippen molar-refractivity contribution in [3.63, 3.8) is 0 Å². The monoisotopic (exact) mass is 1050 g/mol. The first kappa shape index (κ1) is 43.4. The third kappa shape index (κ3) is 7.82. The van der Waals surface area contributed by atoms with Crippen LogP contribution in [0.4, 0.5) is 0 Å². The molecule has 331 valence electrons. The Labute approximate surface area is 402 Å². The molecular weight excluding hydrogens is 1000 g/mol. The Morgan fingerprint density at radius 1 is 0.597 bits per heavy atom. The molecule has 8 heteroatoms. The Hall–Kier alpha value is -7.51. The van der Waals surface area contributed by atoms with Crippen LogP contribution in [0.5, 0.6) is 5.75 Å². The van der Waals surface area contributed by atoms with Gasteiger partial charge in [-0.3, -0.25) is 9.38 Å². The number of furan rings is 1. The first-order valence-corrected chi connectivity index (χ1v) is 22.5. The topological polar surface area (TPSA) is 72.6 Å². The molecule has 0 spiro atoms. The molecule has 0 amide bonds. The standard InChI is InChI=1S/C49H39N2O.C10H8N2O2.Ir/c1-31(2)42-28-38(36-24-22-35(23-25-36)33-14-7-5-8-15-33)29-43(32(3)4)47(42)51-45-21-12-11-20-44(45)50-49(51)41-19-13-18-40-39-27-26-37(30-46(39)52-48(40)41)34-16-9-6-10-17-34;1-11-5-9-12(6-11)10-7(13)3-2-4-8(10)14-9;/h5-18,20-32H,1-4H3;2-5,13H,1H3;/q-1;;. The molecule has 1 radical (unpaired) electrons. The smallest absolute Gasteiger partial charge is 0.246 e. The van der Waals surface area contributed by atoms with E-state index >= 15 is 0 Å². The molecule has 0 aliphatic heterocycles. The molecule has 0 saturated carbocycles. The van der Waals surface area contributed by atoms with Crippen molar-refractivity contribution < 1.29 is 38.6 Å². The van der Waals surface area contributed by atoms with Gasteiger partial charge in [0.15, 0.2) is 0 Å². The number of hydrogen-bond donors (Lipinski definition) is 1. The van der Waals surface area contributed by atoms with E-state index in [4.69, 9.17) is 13.8 Å². The Kier molecular flexibility index (Phi) is 11.5. The molecule has 1 N–H and O–H groups in total. The largest absolute Gasteiger partial charge is 0.513 e. The van der Waals surface area contributed by atoms with Crippen LogP contribution in [-0.4, -0.2) is 19.1 Å². The number of hydrogen-bond acceptors (Lipinski definition) is 4. The van der Waals surface area contributed by atoms with Crippen LogP contribution in [0.3, 0.4) is 0 Å². The summed E-state index contributed by atoms with van der Waals surface area (Å²) in [5.41, 5.74) is 17.4. The molecule has 0 fully saturated rings. The van der Waals surface area contributed by atoms with E-state index in [0.29, 0.717) is 16.8 Å². The fraction of sp³-hybridized carbons (Fsp3) is 0.119. The van der Waals surface area contributed by atoms with Gasteiger partial charge in [0.25, 0.3) is 0 Å². The zero-order chi connectivity index (χ0) is 45.1. The maximum Gasteiger partial charge on any atom is 0.246 e. The number of para-hydroxylation sites is 3. The normalized spacial score (nSPS) is 11.6. The summed E-state index contributed by atoms with van der Waals surface area (Å²) in [5.74, 6) is 1.55. The molecule has 8 aromatic carbocycles. The number of rotatable bonds is 7. The van der Waals surface area contributed by atoms with Crippen LogP contribution in [0.2, 0.25) is 0 Å². The van der Waals surface area contributed by atoms with E-state index in [1.54, 1.807) is 27.3 Å². The number of aromatic nitrogens is 4. The fourth-order valence-corrected chi connectivity index (χ4v) is 9.23. The van der Waals surface area contributed by atoms with E-state index in [1.807, 2.05) is 25.2 Å². The second-order valence-electron chi connectivity index (χ2n) is 17.5. The Morgan fingerprint density at radius 2 is 1.21 bits per heavy atom. The van der Waals surface area contributed by atoms with Gasteiger partial charge in [-0.15, -0.1) is 18.2 Å². The fourth-order valence-electron chi connectivity index (χ4n) is 9.23. The molecule has 0 bridgehead atoms. The van der Waals surface area contributed by atoms with Gasteiger partial charge in [0, 0.05) is 31.2 Å². The van der Waals surface area contributed by atoms with Gasteiger partial charge in [0.2, 0.25) is 12.0 Å². The molecule has 67 heavy (non-hydrogen) atoms. The average Bonchev–Trinajstić information content (AvgIpc) is 4.11. The van der Waals surface area contributed by atoms with E-state index in [9.17, 15) is 5.11 Å². The molecule has 0 aliphatic rings. The van der Waals surface area contributed by atoms with Crippen LogP contribution in [-0.2, 0) is 27.2 Å². The Balaban J connectivity index is 0.000000297. The van der Waals surface area contributed by atoms with E-state index < -0.39 is 0 Å². The summed E-state index contributed by atoms with van der Waals surface area (Å²) in [6.45, 7) is 9.17. The summed E-state index contributed by atoms with van der Waals surface area (Å²) >= 11 is 0. The Morgan fingerprint density at radius 3 is 1.90 bits per heavy atom. The molecular formula is C59H47IrN4O3-. The maximum atomic E-state index is 9.66. The summed E-state index contributed by atoms with van der Waals surface area (Å²) < 4.78 is 18.1. The molecule has 0 aliphatic carbocycles. The van der Waals surface area contributed by atoms with Crippen LogP contribution < -0.4 is 4.57 Å². The van der Waals surface area contributed by atoms with Crippen molar-refractivity contribution in [1.82, 2.24) is 14.0 Å². The van der Waals surface area contributed by atoms with Crippen molar-refractivity contribution in [2.24, 2.45) is 7.05 Å². The summed E-state index contributed by atoms with van der Waals surface area (Å²) in [6.07, 6.45) is 4.81. The first-order valence-electron chi connectivity index (χ1n) is 22.5. The quantitative estimate of drug-likeness (QED) is 0.128. The summed E-state index contributed by atoms with van der Waals surface area (Å²) in [4.78, 5) is 5.34. The number of aromatic hydroxyl groups is 1. The zero-order valence-electron chi connectivity index (χ0n) is 37.8. The molecule has 12 aromatic rings. The van der Waals surface area contributed by atoms with Crippen LogP contribution in [0.15, 0.2) is 185 Å². The molecule has 4 aromatic heterocycles. The van der Waals surface area contributed by atoms with Crippen molar-refractivity contribution in [1.29, 1.82) is 0 Å². The molecule has 12 rings (SSSR count). The number of phenols is 1. The van der Waals surface area contributed by atoms with Gasteiger partial charge < -0.3 is 23.1 Å². The number of aryl methyl sites for hydroxylation is 1. The molecule has 0 saturated heterocycles. The van der Waals surface area contributed by atoms with E-state index in [0.717, 1.165) is 55.5 Å². The van der Waals surface area contributed by atoms with Crippen LogP contribution in [0.1, 0.15) is 50.7 Å². The van der Waals surface area contributed by atoms with Crippen LogP contribution in [0.25, 0.3) is 100 Å². The minimum absolute atomic E-state index is 0. The minimum atomic E-state index is 0.